The molecule has 1 atom stereocenters. The van der Waals surface area contributed by atoms with Crippen molar-refractivity contribution in [1.82, 2.24) is 4.90 Å². The summed E-state index contributed by atoms with van der Waals surface area (Å²) in [6.45, 7) is -0.192. The van der Waals surface area contributed by atoms with E-state index in [1.165, 1.54) is 14.2 Å². The molecule has 6 nitrogen and oxygen atoms in total. The van der Waals surface area contributed by atoms with Gasteiger partial charge in [-0.25, -0.2) is 0 Å². The normalized spacial score (nSPS) is 12.0. The molecular weight excluding hydrogens is 280 g/mol. The van der Waals surface area contributed by atoms with Crippen molar-refractivity contribution in [2.24, 2.45) is 5.73 Å². The summed E-state index contributed by atoms with van der Waals surface area (Å²) in [7, 11) is 4.67. The third-order valence-corrected chi connectivity index (χ3v) is 3.05. The number of para-hydroxylation sites is 1. The maximum atomic E-state index is 10.9. The molecule has 20 heavy (non-hydrogen) atoms. The lowest BCUT2D eigenvalue weighted by molar-refractivity contribution is -0.138. The van der Waals surface area contributed by atoms with Crippen LogP contribution in [-0.4, -0.2) is 48.8 Å². The van der Waals surface area contributed by atoms with Crippen LogP contribution in [0.25, 0.3) is 0 Å². The number of carbonyl (C=O) groups is 1. The highest BCUT2D eigenvalue weighted by molar-refractivity contribution is 7.80. The summed E-state index contributed by atoms with van der Waals surface area (Å²) < 4.78 is 10.6. The van der Waals surface area contributed by atoms with E-state index in [1.807, 2.05) is 0 Å². The molecule has 0 amide bonds. The molecule has 0 aliphatic carbocycles. The molecule has 0 saturated carbocycles. The van der Waals surface area contributed by atoms with Gasteiger partial charge in [-0.15, -0.1) is 0 Å². The van der Waals surface area contributed by atoms with Gasteiger partial charge in [0.2, 0.25) is 0 Å². The fourth-order valence-electron chi connectivity index (χ4n) is 2.04. The smallest absolute Gasteiger partial charge is 0.317 e. The van der Waals surface area contributed by atoms with Crippen LogP contribution in [0, 0.1) is 0 Å². The highest BCUT2D eigenvalue weighted by atomic mass is 32.1. The molecule has 0 aliphatic rings. The van der Waals surface area contributed by atoms with Crippen LogP contribution in [0.5, 0.6) is 11.5 Å². The molecule has 0 saturated heterocycles. The van der Waals surface area contributed by atoms with E-state index in [-0.39, 0.29) is 11.5 Å². The molecule has 0 radical (unpaired) electrons. The summed E-state index contributed by atoms with van der Waals surface area (Å²) >= 11 is 5.06. The number of carboxylic acids is 1. The van der Waals surface area contributed by atoms with Crippen molar-refractivity contribution in [2.75, 3.05) is 27.8 Å². The van der Waals surface area contributed by atoms with Crippen LogP contribution in [0.3, 0.4) is 0 Å². The zero-order valence-electron chi connectivity index (χ0n) is 11.6. The fraction of sp³-hybridized carbons (Fsp3) is 0.385. The van der Waals surface area contributed by atoms with Crippen LogP contribution in [0.4, 0.5) is 0 Å². The van der Waals surface area contributed by atoms with E-state index in [1.54, 1.807) is 30.1 Å². The van der Waals surface area contributed by atoms with Crippen molar-refractivity contribution in [3.05, 3.63) is 23.8 Å². The molecule has 0 bridgehead atoms. The summed E-state index contributed by atoms with van der Waals surface area (Å²) in [5, 5.41) is 8.91. The molecule has 0 fully saturated rings. The average Bonchev–Trinajstić information content (AvgIpc) is 2.37. The second-order valence-corrected chi connectivity index (χ2v) is 4.67. The van der Waals surface area contributed by atoms with Gasteiger partial charge in [-0.1, -0.05) is 24.4 Å². The van der Waals surface area contributed by atoms with E-state index in [4.69, 9.17) is 32.5 Å². The molecule has 1 unspecified atom stereocenters. The number of nitrogens with two attached hydrogens (primary N) is 1. The second kappa shape index (κ2) is 7.06. The summed E-state index contributed by atoms with van der Waals surface area (Å²) in [4.78, 5) is 12.6. The van der Waals surface area contributed by atoms with Crippen molar-refractivity contribution in [1.29, 1.82) is 0 Å². The van der Waals surface area contributed by atoms with E-state index in [2.05, 4.69) is 0 Å². The van der Waals surface area contributed by atoms with Crippen LogP contribution in [0.15, 0.2) is 18.2 Å². The number of hydrogen-bond donors (Lipinski definition) is 2. The first kappa shape index (κ1) is 16.2. The van der Waals surface area contributed by atoms with Crippen molar-refractivity contribution < 1.29 is 19.4 Å². The van der Waals surface area contributed by atoms with Gasteiger partial charge in [0, 0.05) is 5.56 Å². The van der Waals surface area contributed by atoms with Crippen LogP contribution in [0.2, 0.25) is 0 Å². The topological polar surface area (TPSA) is 85.0 Å². The van der Waals surface area contributed by atoms with Gasteiger partial charge in [0.15, 0.2) is 11.5 Å². The zero-order chi connectivity index (χ0) is 15.3. The predicted octanol–water partition coefficient (Wildman–Crippen LogP) is 1.05. The molecule has 0 aliphatic heterocycles. The van der Waals surface area contributed by atoms with Gasteiger partial charge in [-0.3, -0.25) is 9.69 Å². The summed E-state index contributed by atoms with van der Waals surface area (Å²) in [5.41, 5.74) is 6.43. The number of likely N-dealkylation sites (N-methyl/N-ethyl adjacent to an activating group) is 1. The number of thiocarbonyl (C=S) groups is 1. The van der Waals surface area contributed by atoms with E-state index >= 15 is 0 Å². The van der Waals surface area contributed by atoms with Gasteiger partial charge in [0.1, 0.15) is 0 Å². The van der Waals surface area contributed by atoms with Crippen LogP contribution in [-0.2, 0) is 4.79 Å². The minimum atomic E-state index is -0.962. The Morgan fingerprint density at radius 2 is 2.10 bits per heavy atom. The van der Waals surface area contributed by atoms with Gasteiger partial charge in [-0.05, 0) is 13.1 Å². The lowest BCUT2D eigenvalue weighted by atomic mass is 10.0. The average molecular weight is 298 g/mol. The third-order valence-electron chi connectivity index (χ3n) is 2.82. The monoisotopic (exact) mass is 298 g/mol. The van der Waals surface area contributed by atoms with E-state index in [0.29, 0.717) is 17.1 Å². The Morgan fingerprint density at radius 3 is 2.55 bits per heavy atom. The highest BCUT2D eigenvalue weighted by Crippen LogP contribution is 2.36. The van der Waals surface area contributed by atoms with E-state index in [9.17, 15) is 4.79 Å². The molecule has 1 rings (SSSR count). The summed E-state index contributed by atoms with van der Waals surface area (Å²) in [5.74, 6) is 0.0654. The van der Waals surface area contributed by atoms with E-state index < -0.39 is 12.0 Å². The number of benzene rings is 1. The number of hydrogen-bond acceptors (Lipinski definition) is 5. The molecule has 3 N–H and O–H groups in total. The first-order chi connectivity index (χ1) is 9.42. The second-order valence-electron chi connectivity index (χ2n) is 4.20. The summed E-state index contributed by atoms with van der Waals surface area (Å²) in [6, 6.07) is 4.75. The molecule has 0 spiro atoms. The largest absolute Gasteiger partial charge is 0.493 e. The maximum absolute atomic E-state index is 10.9. The van der Waals surface area contributed by atoms with E-state index in [0.717, 1.165) is 0 Å². The Morgan fingerprint density at radius 1 is 1.45 bits per heavy atom. The van der Waals surface area contributed by atoms with Crippen LogP contribution >= 0.6 is 12.2 Å². The van der Waals surface area contributed by atoms with Gasteiger partial charge in [-0.2, -0.15) is 0 Å². The Labute approximate surface area is 123 Å². The van der Waals surface area contributed by atoms with Crippen LogP contribution < -0.4 is 15.2 Å². The number of methoxy groups -OCH3 is 2. The van der Waals surface area contributed by atoms with Gasteiger partial charge in [0.05, 0.1) is 31.8 Å². The van der Waals surface area contributed by atoms with Crippen molar-refractivity contribution in [3.8, 4) is 11.5 Å². The van der Waals surface area contributed by atoms with Crippen molar-refractivity contribution in [2.45, 2.75) is 6.04 Å². The quantitative estimate of drug-likeness (QED) is 0.728. The molecular formula is C13H18N2O4S. The van der Waals surface area contributed by atoms with Crippen molar-refractivity contribution in [3.63, 3.8) is 0 Å². The minimum absolute atomic E-state index is 0.167. The Kier molecular flexibility index (Phi) is 5.72. The standard InChI is InChI=1S/C13H18N2O4S/c1-15(7-10(16)17)11(13(14)20)8-5-4-6-9(18-2)12(8)19-3/h4-6,11H,7H2,1-3H3,(H2,14,20)(H,16,17). The van der Waals surface area contributed by atoms with Gasteiger partial charge in [0.25, 0.3) is 0 Å². The number of nitrogens with zero attached hydrogens (tertiary/aromatic N) is 1. The molecule has 7 heteroatoms. The minimum Gasteiger partial charge on any atom is -0.493 e. The Bertz CT molecular complexity index is 507. The van der Waals surface area contributed by atoms with Gasteiger partial charge >= 0.3 is 5.97 Å². The number of rotatable bonds is 7. The molecule has 1 aromatic rings. The SMILES string of the molecule is COc1cccc(C(C(N)=S)N(C)CC(=O)O)c1OC. The third kappa shape index (κ3) is 3.58. The highest BCUT2D eigenvalue weighted by Gasteiger charge is 2.26. The first-order valence-electron chi connectivity index (χ1n) is 5.84. The molecule has 0 heterocycles. The Hall–Kier alpha value is -1.86. The molecule has 1 aromatic carbocycles. The molecule has 0 aromatic heterocycles. The number of aliphatic carboxylic acids is 1. The first-order valence-corrected chi connectivity index (χ1v) is 6.25. The Balaban J connectivity index is 3.28. The molecule has 110 valence electrons. The maximum Gasteiger partial charge on any atom is 0.317 e. The lowest BCUT2D eigenvalue weighted by Gasteiger charge is -2.27. The number of carboxylic acid groups (broad SMARTS) is 1. The summed E-state index contributed by atoms with van der Waals surface area (Å²) in [6.07, 6.45) is 0. The fourth-order valence-corrected chi connectivity index (χ4v) is 2.35. The lowest BCUT2D eigenvalue weighted by Crippen LogP contribution is -2.37. The number of ether oxygens (including phenoxy) is 2. The van der Waals surface area contributed by atoms with Crippen molar-refractivity contribution >= 4 is 23.2 Å². The van der Waals surface area contributed by atoms with Crippen LogP contribution in [0.1, 0.15) is 11.6 Å². The predicted molar refractivity (Wildman–Crippen MR) is 79.3 cm³/mol. The van der Waals surface area contributed by atoms with Gasteiger partial charge < -0.3 is 20.3 Å². The zero-order valence-corrected chi connectivity index (χ0v) is 12.4.